The van der Waals surface area contributed by atoms with E-state index in [1.54, 1.807) is 12.1 Å². The highest BCUT2D eigenvalue weighted by atomic mass is 19.4. The molecule has 2 aromatic rings. The highest BCUT2D eigenvalue weighted by molar-refractivity contribution is 5.74. The SMILES string of the molecule is COC[C@@H](NC(=O)NCc1ccco1)c1cccc(C(F)(F)F)c1. The second-order valence-corrected chi connectivity index (χ2v) is 5.04. The van der Waals surface area contributed by atoms with Crippen molar-refractivity contribution in [1.29, 1.82) is 0 Å². The molecule has 5 nitrogen and oxygen atoms in total. The Morgan fingerprint density at radius 3 is 2.71 bits per heavy atom. The van der Waals surface area contributed by atoms with Gasteiger partial charge in [0.25, 0.3) is 0 Å². The van der Waals surface area contributed by atoms with Crippen molar-refractivity contribution < 1.29 is 27.1 Å². The second kappa shape index (κ2) is 7.87. The number of ether oxygens (including phenoxy) is 1. The van der Waals surface area contributed by atoms with Crippen molar-refractivity contribution in [3.05, 3.63) is 59.5 Å². The van der Waals surface area contributed by atoms with Crippen LogP contribution in [0.4, 0.5) is 18.0 Å². The van der Waals surface area contributed by atoms with E-state index in [0.29, 0.717) is 11.3 Å². The summed E-state index contributed by atoms with van der Waals surface area (Å²) >= 11 is 0. The molecule has 0 aliphatic heterocycles. The maximum atomic E-state index is 12.8. The fraction of sp³-hybridized carbons (Fsp3) is 0.312. The maximum absolute atomic E-state index is 12.8. The van der Waals surface area contributed by atoms with Gasteiger partial charge in [-0.25, -0.2) is 4.79 Å². The lowest BCUT2D eigenvalue weighted by molar-refractivity contribution is -0.137. The summed E-state index contributed by atoms with van der Waals surface area (Å²) in [4.78, 5) is 11.9. The Labute approximate surface area is 136 Å². The first-order valence-corrected chi connectivity index (χ1v) is 7.13. The minimum absolute atomic E-state index is 0.0372. The highest BCUT2D eigenvalue weighted by Crippen LogP contribution is 2.30. The van der Waals surface area contributed by atoms with Crippen molar-refractivity contribution in [2.24, 2.45) is 0 Å². The van der Waals surface area contributed by atoms with Gasteiger partial charge in [0.05, 0.1) is 31.0 Å². The van der Waals surface area contributed by atoms with Crippen LogP contribution in [0, 0.1) is 0 Å². The Kier molecular flexibility index (Phi) is 5.86. The van der Waals surface area contributed by atoms with Crippen LogP contribution >= 0.6 is 0 Å². The molecular formula is C16H17F3N2O3. The summed E-state index contributed by atoms with van der Waals surface area (Å²) in [6.07, 6.45) is -2.97. The van der Waals surface area contributed by atoms with E-state index in [-0.39, 0.29) is 13.2 Å². The molecule has 2 amide bonds. The third kappa shape index (κ3) is 5.02. The zero-order chi connectivity index (χ0) is 17.6. The number of urea groups is 1. The van der Waals surface area contributed by atoms with Crippen LogP contribution in [0.5, 0.6) is 0 Å². The molecule has 1 aromatic carbocycles. The molecule has 24 heavy (non-hydrogen) atoms. The number of benzene rings is 1. The average molecular weight is 342 g/mol. The van der Waals surface area contributed by atoms with Crippen molar-refractivity contribution in [1.82, 2.24) is 10.6 Å². The van der Waals surface area contributed by atoms with E-state index in [2.05, 4.69) is 10.6 Å². The highest BCUT2D eigenvalue weighted by Gasteiger charge is 2.31. The molecule has 0 saturated heterocycles. The van der Waals surface area contributed by atoms with E-state index in [1.165, 1.54) is 25.5 Å². The van der Waals surface area contributed by atoms with Gasteiger partial charge in [-0.3, -0.25) is 0 Å². The Bertz CT molecular complexity index is 657. The quantitative estimate of drug-likeness (QED) is 0.845. The van der Waals surface area contributed by atoms with E-state index < -0.39 is 23.8 Å². The van der Waals surface area contributed by atoms with Gasteiger partial charge in [-0.2, -0.15) is 13.2 Å². The zero-order valence-corrected chi connectivity index (χ0v) is 12.9. The number of amides is 2. The summed E-state index contributed by atoms with van der Waals surface area (Å²) in [7, 11) is 1.41. The number of halogens is 3. The van der Waals surface area contributed by atoms with Gasteiger partial charge in [-0.1, -0.05) is 12.1 Å². The van der Waals surface area contributed by atoms with Crippen molar-refractivity contribution in [3.63, 3.8) is 0 Å². The molecule has 0 fully saturated rings. The van der Waals surface area contributed by atoms with Crippen LogP contribution in [0.3, 0.4) is 0 Å². The van der Waals surface area contributed by atoms with E-state index in [1.807, 2.05) is 0 Å². The van der Waals surface area contributed by atoms with E-state index in [9.17, 15) is 18.0 Å². The number of hydrogen-bond donors (Lipinski definition) is 2. The lowest BCUT2D eigenvalue weighted by atomic mass is 10.0. The van der Waals surface area contributed by atoms with Gasteiger partial charge in [-0.15, -0.1) is 0 Å². The van der Waals surface area contributed by atoms with Crippen LogP contribution < -0.4 is 10.6 Å². The van der Waals surface area contributed by atoms with Crippen LogP contribution in [-0.2, 0) is 17.5 Å². The summed E-state index contributed by atoms with van der Waals surface area (Å²) in [5.74, 6) is 0.563. The van der Waals surface area contributed by atoms with E-state index >= 15 is 0 Å². The maximum Gasteiger partial charge on any atom is 0.416 e. The number of carbonyl (C=O) groups excluding carboxylic acids is 1. The lowest BCUT2D eigenvalue weighted by Crippen LogP contribution is -2.39. The van der Waals surface area contributed by atoms with Crippen molar-refractivity contribution >= 4 is 6.03 Å². The largest absolute Gasteiger partial charge is 0.467 e. The van der Waals surface area contributed by atoms with E-state index in [4.69, 9.17) is 9.15 Å². The van der Waals surface area contributed by atoms with Gasteiger partial charge in [0.2, 0.25) is 0 Å². The van der Waals surface area contributed by atoms with Crippen molar-refractivity contribution in [2.75, 3.05) is 13.7 Å². The molecule has 130 valence electrons. The van der Waals surface area contributed by atoms with Gasteiger partial charge < -0.3 is 19.8 Å². The molecular weight excluding hydrogens is 325 g/mol. The summed E-state index contributed by atoms with van der Waals surface area (Å²) in [5, 5.41) is 5.16. The monoisotopic (exact) mass is 342 g/mol. The van der Waals surface area contributed by atoms with Crippen molar-refractivity contribution in [3.8, 4) is 0 Å². The average Bonchev–Trinajstić information content (AvgIpc) is 3.05. The molecule has 1 atom stereocenters. The number of furan rings is 1. The first-order valence-electron chi connectivity index (χ1n) is 7.13. The van der Waals surface area contributed by atoms with Crippen LogP contribution in [-0.4, -0.2) is 19.7 Å². The molecule has 0 aliphatic rings. The second-order valence-electron chi connectivity index (χ2n) is 5.04. The van der Waals surface area contributed by atoms with Crippen LogP contribution in [0.1, 0.15) is 22.9 Å². The molecule has 0 aliphatic carbocycles. The number of rotatable bonds is 6. The molecule has 0 spiro atoms. The molecule has 2 N–H and O–H groups in total. The molecule has 0 unspecified atom stereocenters. The van der Waals surface area contributed by atoms with Gasteiger partial charge in [0.15, 0.2) is 0 Å². The summed E-state index contributed by atoms with van der Waals surface area (Å²) < 4.78 is 48.5. The molecule has 0 saturated carbocycles. The first kappa shape index (κ1) is 17.9. The van der Waals surface area contributed by atoms with Gasteiger partial charge in [-0.05, 0) is 29.8 Å². The Hall–Kier alpha value is -2.48. The first-order chi connectivity index (χ1) is 11.4. The third-order valence-electron chi connectivity index (χ3n) is 3.26. The molecule has 8 heteroatoms. The number of nitrogens with one attached hydrogen (secondary N) is 2. The Morgan fingerprint density at radius 1 is 1.29 bits per heavy atom. The summed E-state index contributed by atoms with van der Waals surface area (Å²) in [6.45, 7) is 0.205. The third-order valence-corrected chi connectivity index (χ3v) is 3.26. The normalized spacial score (nSPS) is 12.7. The summed E-state index contributed by atoms with van der Waals surface area (Å²) in [5.41, 5.74) is -0.473. The van der Waals surface area contributed by atoms with Gasteiger partial charge in [0, 0.05) is 7.11 Å². The minimum atomic E-state index is -4.45. The van der Waals surface area contributed by atoms with E-state index in [0.717, 1.165) is 12.1 Å². The molecule has 1 heterocycles. The molecule has 0 radical (unpaired) electrons. The smallest absolute Gasteiger partial charge is 0.416 e. The predicted octanol–water partition coefficient (Wildman–Crippen LogP) is 3.49. The topological polar surface area (TPSA) is 63.5 Å². The van der Waals surface area contributed by atoms with Crippen LogP contribution in [0.25, 0.3) is 0 Å². The fourth-order valence-corrected chi connectivity index (χ4v) is 2.11. The zero-order valence-electron chi connectivity index (χ0n) is 12.9. The van der Waals surface area contributed by atoms with Crippen LogP contribution in [0.15, 0.2) is 47.1 Å². The van der Waals surface area contributed by atoms with Crippen molar-refractivity contribution in [2.45, 2.75) is 18.8 Å². The Balaban J connectivity index is 2.04. The number of alkyl halides is 3. The number of methoxy groups -OCH3 is 1. The molecule has 1 aromatic heterocycles. The molecule has 2 rings (SSSR count). The number of carbonyl (C=O) groups is 1. The predicted molar refractivity (Wildman–Crippen MR) is 80.1 cm³/mol. The standard InChI is InChI=1S/C16H17F3N2O3/c1-23-10-14(11-4-2-5-12(8-11)16(17,18)19)21-15(22)20-9-13-6-3-7-24-13/h2-8,14H,9-10H2,1H3,(H2,20,21,22)/t14-/m1/s1. The van der Waals surface area contributed by atoms with Gasteiger partial charge >= 0.3 is 12.2 Å². The van der Waals surface area contributed by atoms with Crippen LogP contribution in [0.2, 0.25) is 0 Å². The lowest BCUT2D eigenvalue weighted by Gasteiger charge is -2.20. The Morgan fingerprint density at radius 2 is 2.08 bits per heavy atom. The summed E-state index contributed by atoms with van der Waals surface area (Å²) in [6, 6.07) is 6.90. The minimum Gasteiger partial charge on any atom is -0.467 e. The molecule has 0 bridgehead atoms. The fourth-order valence-electron chi connectivity index (χ4n) is 2.11. The number of hydrogen-bond acceptors (Lipinski definition) is 3. The van der Waals surface area contributed by atoms with Gasteiger partial charge in [0.1, 0.15) is 5.76 Å².